The minimum atomic E-state index is 0.205. The van der Waals surface area contributed by atoms with Gasteiger partial charge in [-0.3, -0.25) is 4.79 Å². The third-order valence-corrected chi connectivity index (χ3v) is 4.57. The molecule has 0 saturated carbocycles. The highest BCUT2D eigenvalue weighted by Gasteiger charge is 2.19. The molecule has 1 aliphatic rings. The zero-order chi connectivity index (χ0) is 15.2. The van der Waals surface area contributed by atoms with Gasteiger partial charge in [0.05, 0.1) is 13.2 Å². The highest BCUT2D eigenvalue weighted by atomic mass is 32.2. The summed E-state index contributed by atoms with van der Waals surface area (Å²) in [7, 11) is 0. The summed E-state index contributed by atoms with van der Waals surface area (Å²) in [5.74, 6) is 0.205. The topological polar surface area (TPSA) is 29.5 Å². The lowest BCUT2D eigenvalue weighted by molar-refractivity contribution is -0.113. The molecule has 0 radical (unpaired) electrons. The molecule has 1 saturated heterocycles. The molecule has 3 nitrogen and oxygen atoms in total. The van der Waals surface area contributed by atoms with Gasteiger partial charge in [-0.25, -0.2) is 0 Å². The third kappa shape index (κ3) is 3.89. The number of hydrogen-bond acceptors (Lipinski definition) is 4. The molecule has 1 fully saturated rings. The molecule has 1 aromatic carbocycles. The summed E-state index contributed by atoms with van der Waals surface area (Å²) in [4.78, 5) is 15.9. The van der Waals surface area contributed by atoms with Crippen LogP contribution in [-0.2, 0) is 9.53 Å². The second-order valence-corrected chi connectivity index (χ2v) is 5.94. The van der Waals surface area contributed by atoms with Gasteiger partial charge in [0.15, 0.2) is 5.78 Å². The first-order valence-electron chi connectivity index (χ1n) is 7.38. The summed E-state index contributed by atoms with van der Waals surface area (Å²) >= 11 is 1.71. The Bertz CT molecular complexity index is 516. The summed E-state index contributed by atoms with van der Waals surface area (Å²) in [6.07, 6.45) is 2.59. The monoisotopic (exact) mass is 305 g/mol. The van der Waals surface area contributed by atoms with E-state index >= 15 is 0 Å². The van der Waals surface area contributed by atoms with Crippen molar-refractivity contribution >= 4 is 23.1 Å². The maximum Gasteiger partial charge on any atom is 0.164 e. The molecular formula is C17H23NO2S. The Morgan fingerprint density at radius 3 is 2.38 bits per heavy atom. The Morgan fingerprint density at radius 1 is 1.24 bits per heavy atom. The number of hydrogen-bond donors (Lipinski definition) is 0. The van der Waals surface area contributed by atoms with E-state index in [0.29, 0.717) is 6.42 Å². The van der Waals surface area contributed by atoms with Crippen LogP contribution in [0, 0.1) is 0 Å². The molecule has 1 aliphatic heterocycles. The van der Waals surface area contributed by atoms with E-state index in [9.17, 15) is 4.79 Å². The Hall–Kier alpha value is -1.26. The summed E-state index contributed by atoms with van der Waals surface area (Å²) < 4.78 is 5.40. The number of nitrogens with zero attached hydrogens (tertiary/aromatic N) is 1. The predicted octanol–water partition coefficient (Wildman–Crippen LogP) is 3.45. The van der Waals surface area contributed by atoms with E-state index in [1.807, 2.05) is 6.92 Å². The van der Waals surface area contributed by atoms with Gasteiger partial charge in [-0.1, -0.05) is 19.1 Å². The van der Waals surface area contributed by atoms with Gasteiger partial charge in [-0.05, 0) is 30.9 Å². The number of Topliss-reactive ketones (excluding diaryl/α,β-unsaturated/α-hetero) is 1. The van der Waals surface area contributed by atoms with Gasteiger partial charge in [-0.15, -0.1) is 11.8 Å². The second-order valence-electron chi connectivity index (χ2n) is 5.07. The van der Waals surface area contributed by atoms with E-state index in [1.54, 1.807) is 11.8 Å². The number of morpholine rings is 1. The highest BCUT2D eigenvalue weighted by molar-refractivity contribution is 7.98. The normalized spacial score (nSPS) is 16.6. The van der Waals surface area contributed by atoms with Crippen LogP contribution < -0.4 is 0 Å². The zero-order valence-electron chi connectivity index (χ0n) is 13.0. The van der Waals surface area contributed by atoms with Crippen molar-refractivity contribution in [2.75, 3.05) is 32.6 Å². The highest BCUT2D eigenvalue weighted by Crippen LogP contribution is 2.26. The van der Waals surface area contributed by atoms with E-state index < -0.39 is 0 Å². The molecule has 0 atom stereocenters. The van der Waals surface area contributed by atoms with Gasteiger partial charge >= 0.3 is 0 Å². The van der Waals surface area contributed by atoms with E-state index in [4.69, 9.17) is 4.74 Å². The Kier molecular flexibility index (Phi) is 5.88. The van der Waals surface area contributed by atoms with Crippen molar-refractivity contribution in [2.24, 2.45) is 0 Å². The van der Waals surface area contributed by atoms with Gasteiger partial charge in [0.2, 0.25) is 0 Å². The van der Waals surface area contributed by atoms with Crippen molar-refractivity contribution in [2.45, 2.75) is 25.2 Å². The van der Waals surface area contributed by atoms with Gasteiger partial charge in [0, 0.05) is 35.7 Å². The number of carbonyl (C=O) groups is 1. The SMILES string of the molecule is CCC(=O)C(=C(C)N1CCOCC1)c1ccc(SC)cc1. The van der Waals surface area contributed by atoms with Gasteiger partial charge in [0.25, 0.3) is 0 Å². The standard InChI is InChI=1S/C17H23NO2S/c1-4-16(19)17(13(2)18-9-11-20-12-10-18)14-5-7-15(21-3)8-6-14/h5-8H,4,9-12H2,1-3H3. The minimum Gasteiger partial charge on any atom is -0.378 e. The Labute approximate surface area is 131 Å². The molecular weight excluding hydrogens is 282 g/mol. The molecule has 114 valence electrons. The van der Waals surface area contributed by atoms with E-state index in [-0.39, 0.29) is 5.78 Å². The lowest BCUT2D eigenvalue weighted by atomic mass is 9.97. The molecule has 0 bridgehead atoms. The smallest absolute Gasteiger partial charge is 0.164 e. The van der Waals surface area contributed by atoms with E-state index in [0.717, 1.165) is 43.1 Å². The molecule has 0 N–H and O–H groups in total. The summed E-state index contributed by atoms with van der Waals surface area (Å²) in [6, 6.07) is 8.27. The van der Waals surface area contributed by atoms with Gasteiger partial charge in [0.1, 0.15) is 0 Å². The van der Waals surface area contributed by atoms with Crippen molar-refractivity contribution in [3.8, 4) is 0 Å². The van der Waals surface area contributed by atoms with Crippen molar-refractivity contribution in [1.29, 1.82) is 0 Å². The molecule has 4 heteroatoms. The van der Waals surface area contributed by atoms with Crippen LogP contribution >= 0.6 is 11.8 Å². The lowest BCUT2D eigenvalue weighted by Crippen LogP contribution is -2.35. The predicted molar refractivity (Wildman–Crippen MR) is 88.5 cm³/mol. The molecule has 21 heavy (non-hydrogen) atoms. The van der Waals surface area contributed by atoms with Gasteiger partial charge < -0.3 is 9.64 Å². The van der Waals surface area contributed by atoms with Crippen LogP contribution in [0.5, 0.6) is 0 Å². The number of ketones is 1. The summed E-state index contributed by atoms with van der Waals surface area (Å²) in [5, 5.41) is 0. The zero-order valence-corrected chi connectivity index (χ0v) is 13.8. The fraction of sp³-hybridized carbons (Fsp3) is 0.471. The molecule has 1 heterocycles. The number of carbonyl (C=O) groups excluding carboxylic acids is 1. The van der Waals surface area contributed by atoms with E-state index in [2.05, 4.69) is 42.3 Å². The average Bonchev–Trinajstić information content (AvgIpc) is 2.56. The maximum absolute atomic E-state index is 12.4. The van der Waals surface area contributed by atoms with Gasteiger partial charge in [-0.2, -0.15) is 0 Å². The fourth-order valence-electron chi connectivity index (χ4n) is 2.56. The van der Waals surface area contributed by atoms with Crippen LogP contribution in [0.4, 0.5) is 0 Å². The maximum atomic E-state index is 12.4. The first kappa shape index (κ1) is 16.1. The van der Waals surface area contributed by atoms with E-state index in [1.165, 1.54) is 4.90 Å². The number of rotatable bonds is 5. The lowest BCUT2D eigenvalue weighted by Gasteiger charge is -2.31. The van der Waals surface area contributed by atoms with Crippen LogP contribution in [-0.4, -0.2) is 43.2 Å². The molecule has 0 aliphatic carbocycles. The molecule has 2 rings (SSSR count). The Balaban J connectivity index is 2.38. The minimum absolute atomic E-state index is 0.205. The van der Waals surface area contributed by atoms with Crippen molar-refractivity contribution in [1.82, 2.24) is 4.90 Å². The first-order valence-corrected chi connectivity index (χ1v) is 8.61. The number of allylic oxidation sites excluding steroid dienone is 2. The number of benzene rings is 1. The molecule has 0 spiro atoms. The van der Waals surface area contributed by atoms with Crippen LogP contribution in [0.3, 0.4) is 0 Å². The molecule has 0 unspecified atom stereocenters. The van der Waals surface area contributed by atoms with Crippen LogP contribution in [0.2, 0.25) is 0 Å². The fourth-order valence-corrected chi connectivity index (χ4v) is 2.97. The Morgan fingerprint density at radius 2 is 1.86 bits per heavy atom. The number of ether oxygens (including phenoxy) is 1. The van der Waals surface area contributed by atoms with Crippen LogP contribution in [0.15, 0.2) is 34.9 Å². The quantitative estimate of drug-likeness (QED) is 0.615. The largest absolute Gasteiger partial charge is 0.378 e. The number of thioether (sulfide) groups is 1. The average molecular weight is 305 g/mol. The van der Waals surface area contributed by atoms with Crippen LogP contribution in [0.1, 0.15) is 25.8 Å². The van der Waals surface area contributed by atoms with Crippen molar-refractivity contribution in [3.05, 3.63) is 35.5 Å². The van der Waals surface area contributed by atoms with Crippen molar-refractivity contribution < 1.29 is 9.53 Å². The molecule has 0 amide bonds. The second kappa shape index (κ2) is 7.66. The first-order chi connectivity index (χ1) is 10.2. The molecule has 1 aromatic rings. The van der Waals surface area contributed by atoms with Crippen LogP contribution in [0.25, 0.3) is 5.57 Å². The molecule has 0 aromatic heterocycles. The summed E-state index contributed by atoms with van der Waals surface area (Å²) in [6.45, 7) is 7.15. The third-order valence-electron chi connectivity index (χ3n) is 3.83. The summed E-state index contributed by atoms with van der Waals surface area (Å²) in [5.41, 5.74) is 2.94. The van der Waals surface area contributed by atoms with Crippen molar-refractivity contribution in [3.63, 3.8) is 0 Å².